The van der Waals surface area contributed by atoms with Crippen molar-refractivity contribution in [1.29, 1.82) is 0 Å². The highest BCUT2D eigenvalue weighted by atomic mass is 35.5. The van der Waals surface area contributed by atoms with Crippen LogP contribution < -0.4 is 15.2 Å². The second kappa shape index (κ2) is 8.42. The van der Waals surface area contributed by atoms with Crippen molar-refractivity contribution in [2.75, 3.05) is 6.61 Å². The Balaban J connectivity index is 2.12. The van der Waals surface area contributed by atoms with Crippen LogP contribution in [0.1, 0.15) is 45.1 Å². The predicted molar refractivity (Wildman–Crippen MR) is 90.0 cm³/mol. The molecular formula is C17H14ClF3N3O4-. The zero-order valence-corrected chi connectivity index (χ0v) is 15.4. The Bertz CT molecular complexity index is 906. The van der Waals surface area contributed by atoms with E-state index >= 15 is 0 Å². The van der Waals surface area contributed by atoms with Crippen molar-refractivity contribution in [2.24, 2.45) is 0 Å². The van der Waals surface area contributed by atoms with E-state index in [1.165, 1.54) is 25.3 Å². The molecule has 0 saturated carbocycles. The van der Waals surface area contributed by atoms with Gasteiger partial charge in [0.1, 0.15) is 5.02 Å². The number of alkyl halides is 3. The van der Waals surface area contributed by atoms with Crippen LogP contribution >= 0.6 is 11.6 Å². The summed E-state index contributed by atoms with van der Waals surface area (Å²) in [7, 11) is 0. The molecule has 2 aromatic heterocycles. The first-order valence-corrected chi connectivity index (χ1v) is 8.20. The summed E-state index contributed by atoms with van der Waals surface area (Å²) >= 11 is 5.88. The van der Waals surface area contributed by atoms with Gasteiger partial charge in [-0.2, -0.15) is 13.2 Å². The summed E-state index contributed by atoms with van der Waals surface area (Å²) in [6, 6.07) is 3.15. The van der Waals surface area contributed by atoms with E-state index < -0.39 is 30.7 Å². The number of carbonyl (C=O) groups excluding carboxylic acids is 2. The molecule has 28 heavy (non-hydrogen) atoms. The molecule has 1 N–H and O–H groups in total. The first-order valence-electron chi connectivity index (χ1n) is 7.82. The molecule has 1 amide bonds. The number of aromatic carboxylic acids is 1. The molecule has 0 bridgehead atoms. The first-order chi connectivity index (χ1) is 13.0. The summed E-state index contributed by atoms with van der Waals surface area (Å²) in [5, 5.41) is 13.4. The predicted octanol–water partition coefficient (Wildman–Crippen LogP) is 2.23. The number of carbonyl (C=O) groups is 2. The van der Waals surface area contributed by atoms with Crippen molar-refractivity contribution in [2.45, 2.75) is 26.1 Å². The van der Waals surface area contributed by atoms with Crippen molar-refractivity contribution in [3.63, 3.8) is 0 Å². The molecule has 0 radical (unpaired) electrons. The molecular weight excluding hydrogens is 403 g/mol. The number of aromatic nitrogens is 2. The average Bonchev–Trinajstić information content (AvgIpc) is 2.59. The third-order valence-electron chi connectivity index (χ3n) is 3.47. The van der Waals surface area contributed by atoms with E-state index in [2.05, 4.69) is 20.0 Å². The number of amides is 1. The molecule has 0 aromatic carbocycles. The quantitative estimate of drug-likeness (QED) is 0.774. The van der Waals surface area contributed by atoms with Gasteiger partial charge >= 0.3 is 6.18 Å². The normalized spacial score (nSPS) is 12.4. The fourth-order valence-electron chi connectivity index (χ4n) is 2.20. The third kappa shape index (κ3) is 5.81. The topological polar surface area (TPSA) is 104 Å². The number of nitrogens with zero attached hydrogens (tertiary/aromatic N) is 2. The SMILES string of the molecule is Cc1cc(C(=O)NC(C)c2cnc(OCC(F)(F)F)c(Cl)c2)cc(C(=O)[O-])n1. The molecule has 11 heteroatoms. The van der Waals surface area contributed by atoms with Crippen LogP contribution in [0.4, 0.5) is 13.2 Å². The maximum atomic E-state index is 12.4. The highest BCUT2D eigenvalue weighted by molar-refractivity contribution is 6.31. The molecule has 2 rings (SSSR count). The van der Waals surface area contributed by atoms with Crippen LogP contribution in [0.2, 0.25) is 5.02 Å². The zero-order valence-electron chi connectivity index (χ0n) is 14.6. The molecule has 1 atom stereocenters. The lowest BCUT2D eigenvalue weighted by molar-refractivity contribution is -0.255. The van der Waals surface area contributed by atoms with Gasteiger partial charge in [0.15, 0.2) is 6.61 Å². The summed E-state index contributed by atoms with van der Waals surface area (Å²) in [6.45, 7) is 1.58. The monoisotopic (exact) mass is 416 g/mol. The average molecular weight is 417 g/mol. The van der Waals surface area contributed by atoms with Crippen LogP contribution in [-0.2, 0) is 0 Å². The van der Waals surface area contributed by atoms with Crippen LogP contribution in [0.15, 0.2) is 24.4 Å². The minimum Gasteiger partial charge on any atom is -0.543 e. The number of ether oxygens (including phenoxy) is 1. The maximum Gasteiger partial charge on any atom is 0.422 e. The number of aryl methyl sites for hydroxylation is 1. The van der Waals surface area contributed by atoms with Gasteiger partial charge in [0.25, 0.3) is 5.91 Å². The molecule has 1 unspecified atom stereocenters. The Labute approximate surface area is 162 Å². The minimum atomic E-state index is -4.53. The number of hydrogen-bond donors (Lipinski definition) is 1. The summed E-state index contributed by atoms with van der Waals surface area (Å²) in [5.41, 5.74) is 0.399. The molecule has 2 heterocycles. The van der Waals surface area contributed by atoms with Crippen molar-refractivity contribution >= 4 is 23.5 Å². The second-order valence-corrected chi connectivity index (χ2v) is 6.23. The lowest BCUT2D eigenvalue weighted by atomic mass is 10.1. The number of pyridine rings is 2. The highest BCUT2D eigenvalue weighted by Gasteiger charge is 2.29. The van der Waals surface area contributed by atoms with Crippen molar-refractivity contribution in [3.8, 4) is 5.88 Å². The van der Waals surface area contributed by atoms with E-state index in [9.17, 15) is 27.9 Å². The zero-order chi connectivity index (χ0) is 21.1. The summed E-state index contributed by atoms with van der Waals surface area (Å²) in [6.07, 6.45) is -3.31. The number of nitrogens with one attached hydrogen (secondary N) is 1. The molecule has 0 aliphatic carbocycles. The number of halogens is 4. The minimum absolute atomic E-state index is 0.0581. The van der Waals surface area contributed by atoms with Gasteiger partial charge in [-0.05, 0) is 37.6 Å². The van der Waals surface area contributed by atoms with Gasteiger partial charge in [0.2, 0.25) is 5.88 Å². The molecule has 7 nitrogen and oxygen atoms in total. The summed E-state index contributed by atoms with van der Waals surface area (Å²) < 4.78 is 41.1. The van der Waals surface area contributed by atoms with Crippen LogP contribution in [0, 0.1) is 6.92 Å². The van der Waals surface area contributed by atoms with Crippen molar-refractivity contribution in [1.82, 2.24) is 15.3 Å². The van der Waals surface area contributed by atoms with E-state index in [-0.39, 0.29) is 22.2 Å². The van der Waals surface area contributed by atoms with Crippen LogP contribution in [0.25, 0.3) is 0 Å². The van der Waals surface area contributed by atoms with E-state index in [1.807, 2.05) is 0 Å². The molecule has 0 spiro atoms. The van der Waals surface area contributed by atoms with Gasteiger partial charge in [0, 0.05) is 17.5 Å². The van der Waals surface area contributed by atoms with E-state index in [4.69, 9.17) is 11.6 Å². The first kappa shape index (κ1) is 21.4. The number of carboxylic acid groups (broad SMARTS) is 1. The van der Waals surface area contributed by atoms with Gasteiger partial charge in [-0.25, -0.2) is 4.98 Å². The molecule has 150 valence electrons. The van der Waals surface area contributed by atoms with Crippen LogP contribution in [-0.4, -0.2) is 34.6 Å². The Kier molecular flexibility index (Phi) is 6.45. The van der Waals surface area contributed by atoms with Gasteiger partial charge in [-0.3, -0.25) is 9.78 Å². The van der Waals surface area contributed by atoms with E-state index in [1.54, 1.807) is 6.92 Å². The van der Waals surface area contributed by atoms with E-state index in [0.717, 1.165) is 6.07 Å². The molecule has 0 aliphatic rings. The standard InChI is InChI=1S/C17H15ClF3N3O4/c1-8-3-10(5-13(23-8)16(26)27)14(25)24-9(2)11-4-12(18)15(22-6-11)28-7-17(19,20)21/h3-6,9H,7H2,1-2H3,(H,24,25)(H,26,27)/p-1. The van der Waals surface area contributed by atoms with Crippen molar-refractivity contribution < 1.29 is 32.6 Å². The molecule has 2 aromatic rings. The number of rotatable bonds is 6. The fourth-order valence-corrected chi connectivity index (χ4v) is 2.43. The van der Waals surface area contributed by atoms with Crippen LogP contribution in [0.5, 0.6) is 5.88 Å². The van der Waals surface area contributed by atoms with Gasteiger partial charge in [0.05, 0.1) is 17.7 Å². The molecule has 0 saturated heterocycles. The number of hydrogen-bond acceptors (Lipinski definition) is 6. The van der Waals surface area contributed by atoms with Crippen molar-refractivity contribution in [3.05, 3.63) is 51.9 Å². The van der Waals surface area contributed by atoms with Gasteiger partial charge in [-0.1, -0.05) is 11.6 Å². The lowest BCUT2D eigenvalue weighted by Gasteiger charge is -2.16. The fraction of sp³-hybridized carbons (Fsp3) is 0.294. The van der Waals surface area contributed by atoms with Gasteiger partial charge < -0.3 is 20.0 Å². The maximum absolute atomic E-state index is 12.4. The molecule has 0 fully saturated rings. The molecule has 0 aliphatic heterocycles. The van der Waals surface area contributed by atoms with Crippen LogP contribution in [0.3, 0.4) is 0 Å². The Morgan fingerprint density at radius 2 is 2.00 bits per heavy atom. The summed E-state index contributed by atoms with van der Waals surface area (Å²) in [5.74, 6) is -2.49. The largest absolute Gasteiger partial charge is 0.543 e. The Hall–Kier alpha value is -2.88. The lowest BCUT2D eigenvalue weighted by Crippen LogP contribution is -2.28. The highest BCUT2D eigenvalue weighted by Crippen LogP contribution is 2.27. The Morgan fingerprint density at radius 3 is 2.57 bits per heavy atom. The van der Waals surface area contributed by atoms with E-state index in [0.29, 0.717) is 11.3 Å². The smallest absolute Gasteiger partial charge is 0.422 e. The van der Waals surface area contributed by atoms with Gasteiger partial charge in [-0.15, -0.1) is 0 Å². The second-order valence-electron chi connectivity index (χ2n) is 5.82. The number of carboxylic acids is 1. The summed E-state index contributed by atoms with van der Waals surface area (Å²) in [4.78, 5) is 30.8. The third-order valence-corrected chi connectivity index (χ3v) is 3.74. The Morgan fingerprint density at radius 1 is 1.32 bits per heavy atom.